The molecular formula is C30H23F6IrN2O3S-. The van der Waals surface area contributed by atoms with Gasteiger partial charge in [0.1, 0.15) is 5.75 Å². The normalized spacial score (nSPS) is 11.5. The summed E-state index contributed by atoms with van der Waals surface area (Å²) in [6.07, 6.45) is -9.84. The molecule has 0 atom stereocenters. The SMILES string of the molecule is CN(C)c1ccnc(-c2[c-]cc(Oc3ccccc3)cc2Sc2ccccc2)c1.O=C(/C=C(\O)C(F)(F)F)C(F)(F)F.[Ir]. The molecule has 13 heteroatoms. The van der Waals surface area contributed by atoms with Crippen molar-refractivity contribution in [3.63, 3.8) is 0 Å². The number of aliphatic hydroxyl groups excluding tert-OH is 1. The standard InChI is InChI=1S/C25H21N2OS.C5H2F6O2.Ir/c1-27(2)19-15-16-26-24(17-19)23-14-13-21(28-20-9-5-3-6-10-20)18-25(23)29-22-11-7-4-8-12-22;6-4(7,8)2(12)1-3(13)5(9,10)11;/h3-13,15-18H,1-2H3;1,12H;/q-1;;/b;2-1-;. The van der Waals surface area contributed by atoms with Crippen LogP contribution in [0.4, 0.5) is 32.0 Å². The van der Waals surface area contributed by atoms with Crippen molar-refractivity contribution in [1.82, 2.24) is 4.98 Å². The van der Waals surface area contributed by atoms with Crippen LogP contribution in [0.5, 0.6) is 11.5 Å². The summed E-state index contributed by atoms with van der Waals surface area (Å²) < 4.78 is 74.1. The number of hydrogen-bond donors (Lipinski definition) is 1. The van der Waals surface area contributed by atoms with Crippen LogP contribution in [0.2, 0.25) is 0 Å². The molecule has 3 aromatic carbocycles. The summed E-state index contributed by atoms with van der Waals surface area (Å²) in [4.78, 5) is 18.7. The smallest absolute Gasteiger partial charge is 0.454 e. The zero-order valence-corrected chi connectivity index (χ0v) is 25.6. The Morgan fingerprint density at radius 3 is 2.07 bits per heavy atom. The Balaban J connectivity index is 0.000000394. The average molecular weight is 798 g/mol. The van der Waals surface area contributed by atoms with E-state index in [-0.39, 0.29) is 20.1 Å². The molecule has 1 radical (unpaired) electrons. The van der Waals surface area contributed by atoms with Crippen molar-refractivity contribution in [3.8, 4) is 22.8 Å². The summed E-state index contributed by atoms with van der Waals surface area (Å²) in [5.41, 5.74) is 2.95. The van der Waals surface area contributed by atoms with E-state index < -0.39 is 30.0 Å². The van der Waals surface area contributed by atoms with E-state index in [1.54, 1.807) is 11.8 Å². The summed E-state index contributed by atoms with van der Waals surface area (Å²) in [7, 11) is 4.05. The van der Waals surface area contributed by atoms with Crippen molar-refractivity contribution in [2.75, 3.05) is 19.0 Å². The topological polar surface area (TPSA) is 62.7 Å². The number of rotatable bonds is 7. The van der Waals surface area contributed by atoms with E-state index in [0.29, 0.717) is 0 Å². The monoisotopic (exact) mass is 798 g/mol. The zero-order chi connectivity index (χ0) is 30.9. The molecule has 1 heterocycles. The van der Waals surface area contributed by atoms with E-state index in [0.717, 1.165) is 38.2 Å². The van der Waals surface area contributed by atoms with E-state index in [2.05, 4.69) is 40.2 Å². The molecular weight excluding hydrogens is 775 g/mol. The second kappa shape index (κ2) is 15.6. The number of para-hydroxylation sites is 1. The maximum absolute atomic E-state index is 11.4. The molecule has 4 rings (SSSR count). The molecule has 1 N–H and O–H groups in total. The van der Waals surface area contributed by atoms with E-state index in [1.807, 2.05) is 81.0 Å². The Bertz CT molecular complexity index is 1520. The van der Waals surface area contributed by atoms with Gasteiger partial charge in [-0.3, -0.25) is 4.79 Å². The summed E-state index contributed by atoms with van der Waals surface area (Å²) in [5.74, 6) is -3.78. The van der Waals surface area contributed by atoms with Gasteiger partial charge in [0.05, 0.1) is 0 Å². The molecule has 1 aromatic heterocycles. The molecule has 5 nitrogen and oxygen atoms in total. The Labute approximate surface area is 261 Å². The number of nitrogens with zero attached hydrogens (tertiary/aromatic N) is 2. The first kappa shape index (κ1) is 35.4. The van der Waals surface area contributed by atoms with Crippen LogP contribution in [0, 0.1) is 6.07 Å². The van der Waals surface area contributed by atoms with Gasteiger partial charge in [-0.25, -0.2) is 0 Å². The number of hydrogen-bond acceptors (Lipinski definition) is 6. The number of ketones is 1. The number of carbonyl (C=O) groups excluding carboxylic acids is 1. The van der Waals surface area contributed by atoms with Crippen molar-refractivity contribution in [2.45, 2.75) is 22.1 Å². The zero-order valence-electron chi connectivity index (χ0n) is 22.4. The molecule has 0 saturated carbocycles. The van der Waals surface area contributed by atoms with Gasteiger partial charge in [-0.2, -0.15) is 26.3 Å². The third-order valence-corrected chi connectivity index (χ3v) is 6.23. The fraction of sp³-hybridized carbons (Fsp3) is 0.133. The molecule has 0 saturated heterocycles. The maximum Gasteiger partial charge on any atom is 0.454 e. The fourth-order valence-electron chi connectivity index (χ4n) is 3.16. The van der Waals surface area contributed by atoms with Crippen LogP contribution < -0.4 is 9.64 Å². The molecule has 0 fully saturated rings. The van der Waals surface area contributed by atoms with E-state index in [4.69, 9.17) is 9.84 Å². The molecule has 0 aliphatic rings. The predicted octanol–water partition coefficient (Wildman–Crippen LogP) is 8.68. The number of aliphatic hydroxyl groups is 1. The number of alkyl halides is 6. The van der Waals surface area contributed by atoms with Crippen LogP contribution in [0.1, 0.15) is 0 Å². The van der Waals surface area contributed by atoms with E-state index >= 15 is 0 Å². The first-order chi connectivity index (χ1) is 19.7. The van der Waals surface area contributed by atoms with Gasteiger partial charge in [-0.1, -0.05) is 53.4 Å². The van der Waals surface area contributed by atoms with Gasteiger partial charge >= 0.3 is 12.4 Å². The second-order valence-corrected chi connectivity index (χ2v) is 9.70. The van der Waals surface area contributed by atoms with E-state index in [1.165, 1.54) is 0 Å². The summed E-state index contributed by atoms with van der Waals surface area (Å²) in [5, 5.41) is 7.93. The minimum Gasteiger partial charge on any atom is -0.504 e. The minimum atomic E-state index is -5.42. The van der Waals surface area contributed by atoms with Crippen molar-refractivity contribution in [2.24, 2.45) is 0 Å². The third kappa shape index (κ3) is 11.1. The molecule has 0 aliphatic carbocycles. The number of anilines is 1. The molecule has 4 aromatic rings. The van der Waals surface area contributed by atoms with Crippen molar-refractivity contribution in [1.29, 1.82) is 0 Å². The van der Waals surface area contributed by atoms with Crippen molar-refractivity contribution >= 4 is 23.2 Å². The van der Waals surface area contributed by atoms with Gasteiger partial charge in [0.15, 0.2) is 0 Å². The van der Waals surface area contributed by atoms with Gasteiger partial charge in [-0.15, -0.1) is 29.5 Å². The van der Waals surface area contributed by atoms with Gasteiger partial charge in [0.25, 0.3) is 5.78 Å². The third-order valence-electron chi connectivity index (χ3n) is 5.18. The fourth-order valence-corrected chi connectivity index (χ4v) is 4.15. The van der Waals surface area contributed by atoms with Gasteiger partial charge in [0, 0.05) is 62.8 Å². The molecule has 0 bridgehead atoms. The summed E-state index contributed by atoms with van der Waals surface area (Å²) in [6, 6.07) is 31.5. The van der Waals surface area contributed by atoms with Crippen LogP contribution in [0.25, 0.3) is 11.3 Å². The van der Waals surface area contributed by atoms with Crippen LogP contribution in [-0.4, -0.2) is 42.3 Å². The first-order valence-corrected chi connectivity index (χ1v) is 12.8. The Morgan fingerprint density at radius 1 is 0.907 bits per heavy atom. The molecule has 229 valence electrons. The Hall–Kier alpha value is -3.80. The minimum absolute atomic E-state index is 0. The summed E-state index contributed by atoms with van der Waals surface area (Å²) in [6.45, 7) is 0. The number of carbonyl (C=O) groups is 1. The Kier molecular flexibility index (Phi) is 12.8. The largest absolute Gasteiger partial charge is 0.504 e. The summed E-state index contributed by atoms with van der Waals surface area (Å²) >= 11 is 1.68. The van der Waals surface area contributed by atoms with Crippen molar-refractivity contribution < 1.29 is 61.1 Å². The number of halogens is 6. The number of pyridine rings is 1. The Morgan fingerprint density at radius 2 is 1.51 bits per heavy atom. The van der Waals surface area contributed by atoms with Crippen LogP contribution >= 0.6 is 11.8 Å². The van der Waals surface area contributed by atoms with Gasteiger partial charge < -0.3 is 19.7 Å². The number of ether oxygens (including phenoxy) is 1. The van der Waals surface area contributed by atoms with Gasteiger partial charge in [-0.05, 0) is 36.0 Å². The van der Waals surface area contributed by atoms with Crippen LogP contribution in [-0.2, 0) is 24.9 Å². The molecule has 0 spiro atoms. The quantitative estimate of drug-likeness (QED) is 0.0875. The average Bonchev–Trinajstić information content (AvgIpc) is 2.94. The van der Waals surface area contributed by atoms with Crippen LogP contribution in [0.15, 0.2) is 113 Å². The first-order valence-electron chi connectivity index (χ1n) is 12.0. The predicted molar refractivity (Wildman–Crippen MR) is 148 cm³/mol. The van der Waals surface area contributed by atoms with Gasteiger partial charge in [0.2, 0.25) is 5.76 Å². The molecule has 0 aliphatic heterocycles. The number of aromatic nitrogens is 1. The second-order valence-electron chi connectivity index (χ2n) is 8.59. The molecule has 43 heavy (non-hydrogen) atoms. The molecule has 0 amide bonds. The number of benzene rings is 3. The van der Waals surface area contributed by atoms with Crippen molar-refractivity contribution in [3.05, 3.63) is 109 Å². The maximum atomic E-state index is 11.4. The van der Waals surface area contributed by atoms with E-state index in [9.17, 15) is 31.1 Å². The van der Waals surface area contributed by atoms with Crippen LogP contribution in [0.3, 0.4) is 0 Å². The molecule has 0 unspecified atom stereocenters. The number of allylic oxidation sites excluding steroid dienone is 2.